The molecule has 0 aliphatic heterocycles. The van der Waals surface area contributed by atoms with Crippen LogP contribution in [0.5, 0.6) is 0 Å². The minimum absolute atomic E-state index is 0.162. The summed E-state index contributed by atoms with van der Waals surface area (Å²) in [7, 11) is 0. The van der Waals surface area contributed by atoms with Crippen molar-refractivity contribution in [2.75, 3.05) is 13.1 Å². The van der Waals surface area contributed by atoms with Crippen LogP contribution < -0.4 is 0 Å². The van der Waals surface area contributed by atoms with E-state index in [0.717, 1.165) is 0 Å². The van der Waals surface area contributed by atoms with Crippen LogP contribution in [0.1, 0.15) is 24.3 Å². The summed E-state index contributed by atoms with van der Waals surface area (Å²) in [5.41, 5.74) is 0.263. The van der Waals surface area contributed by atoms with Crippen LogP contribution >= 0.6 is 11.6 Å². The van der Waals surface area contributed by atoms with Gasteiger partial charge in [0.15, 0.2) is 0 Å². The fraction of sp³-hybridized carbons (Fsp3) is 0.417. The van der Waals surface area contributed by atoms with Crippen molar-refractivity contribution in [2.24, 2.45) is 5.92 Å². The van der Waals surface area contributed by atoms with Crippen LogP contribution in [-0.4, -0.2) is 40.0 Å². The molecule has 18 heavy (non-hydrogen) atoms. The van der Waals surface area contributed by atoms with E-state index in [1.807, 2.05) is 0 Å². The highest BCUT2D eigenvalue weighted by Crippen LogP contribution is 2.10. The summed E-state index contributed by atoms with van der Waals surface area (Å²) in [4.78, 5) is 28.2. The molecule has 1 atom stereocenters. The monoisotopic (exact) mass is 270 g/mol. The van der Waals surface area contributed by atoms with Gasteiger partial charge in [-0.05, 0) is 19.1 Å². The first kappa shape index (κ1) is 14.4. The zero-order chi connectivity index (χ0) is 13.7. The van der Waals surface area contributed by atoms with E-state index in [9.17, 15) is 9.59 Å². The van der Waals surface area contributed by atoms with Gasteiger partial charge in [-0.15, -0.1) is 0 Å². The predicted octanol–water partition coefficient (Wildman–Crippen LogP) is 1.92. The Labute approximate surface area is 110 Å². The average Bonchev–Trinajstić information content (AvgIpc) is 2.35. The number of aromatic nitrogens is 1. The van der Waals surface area contributed by atoms with Crippen molar-refractivity contribution in [3.05, 3.63) is 29.0 Å². The number of aliphatic carboxylic acids is 1. The summed E-state index contributed by atoms with van der Waals surface area (Å²) in [5, 5.41) is 9.30. The number of carbonyl (C=O) groups excluding carboxylic acids is 1. The van der Waals surface area contributed by atoms with E-state index in [-0.39, 0.29) is 18.1 Å². The molecule has 98 valence electrons. The highest BCUT2D eigenvalue weighted by atomic mass is 35.5. The molecule has 0 bridgehead atoms. The molecule has 0 saturated heterocycles. The molecule has 1 unspecified atom stereocenters. The maximum Gasteiger partial charge on any atom is 0.308 e. The Hall–Kier alpha value is -1.62. The van der Waals surface area contributed by atoms with Gasteiger partial charge in [-0.3, -0.25) is 9.59 Å². The molecule has 0 radical (unpaired) electrons. The SMILES string of the molecule is CCN(CC(C)C(=O)O)C(=O)c1ccc(Cl)cn1. The van der Waals surface area contributed by atoms with Crippen LogP contribution in [0.3, 0.4) is 0 Å². The largest absolute Gasteiger partial charge is 0.481 e. The van der Waals surface area contributed by atoms with Gasteiger partial charge in [0.05, 0.1) is 10.9 Å². The normalized spacial score (nSPS) is 11.9. The van der Waals surface area contributed by atoms with Crippen LogP contribution in [0.15, 0.2) is 18.3 Å². The van der Waals surface area contributed by atoms with Crippen molar-refractivity contribution < 1.29 is 14.7 Å². The van der Waals surface area contributed by atoms with Crippen molar-refractivity contribution in [1.29, 1.82) is 0 Å². The Bertz CT molecular complexity index is 433. The zero-order valence-corrected chi connectivity index (χ0v) is 11.0. The number of amides is 1. The Balaban J connectivity index is 2.79. The lowest BCUT2D eigenvalue weighted by molar-refractivity contribution is -0.141. The third-order valence-corrected chi connectivity index (χ3v) is 2.75. The molecular formula is C12H15ClN2O3. The number of carboxylic acid groups (broad SMARTS) is 1. The van der Waals surface area contributed by atoms with E-state index in [2.05, 4.69) is 4.98 Å². The lowest BCUT2D eigenvalue weighted by Gasteiger charge is -2.22. The maximum absolute atomic E-state index is 12.1. The van der Waals surface area contributed by atoms with Crippen molar-refractivity contribution in [2.45, 2.75) is 13.8 Å². The molecule has 1 rings (SSSR count). The van der Waals surface area contributed by atoms with Gasteiger partial charge in [0.2, 0.25) is 0 Å². The zero-order valence-electron chi connectivity index (χ0n) is 10.3. The van der Waals surface area contributed by atoms with Gasteiger partial charge < -0.3 is 10.0 Å². The third kappa shape index (κ3) is 3.70. The fourth-order valence-electron chi connectivity index (χ4n) is 1.43. The number of pyridine rings is 1. The smallest absolute Gasteiger partial charge is 0.308 e. The number of hydrogen-bond donors (Lipinski definition) is 1. The molecule has 1 N–H and O–H groups in total. The minimum atomic E-state index is -0.926. The van der Waals surface area contributed by atoms with E-state index < -0.39 is 11.9 Å². The Morgan fingerprint density at radius 1 is 1.50 bits per heavy atom. The summed E-state index contributed by atoms with van der Waals surface area (Å²) < 4.78 is 0. The summed E-state index contributed by atoms with van der Waals surface area (Å²) in [6.45, 7) is 3.95. The Kier molecular flexibility index (Phi) is 5.09. The molecule has 0 aliphatic carbocycles. The summed E-state index contributed by atoms with van der Waals surface area (Å²) in [6.07, 6.45) is 1.39. The van der Waals surface area contributed by atoms with Crippen LogP contribution in [0.2, 0.25) is 5.02 Å². The molecular weight excluding hydrogens is 256 g/mol. The second kappa shape index (κ2) is 6.35. The van der Waals surface area contributed by atoms with Crippen molar-refractivity contribution in [3.8, 4) is 0 Å². The van der Waals surface area contributed by atoms with E-state index in [0.29, 0.717) is 11.6 Å². The van der Waals surface area contributed by atoms with Gasteiger partial charge in [0, 0.05) is 19.3 Å². The lowest BCUT2D eigenvalue weighted by Crippen LogP contribution is -2.37. The summed E-state index contributed by atoms with van der Waals surface area (Å²) in [5.74, 6) is -1.83. The molecule has 1 aromatic rings. The highest BCUT2D eigenvalue weighted by Gasteiger charge is 2.21. The maximum atomic E-state index is 12.1. The number of rotatable bonds is 5. The first-order chi connectivity index (χ1) is 8.45. The van der Waals surface area contributed by atoms with Crippen molar-refractivity contribution >= 4 is 23.5 Å². The van der Waals surface area contributed by atoms with E-state index in [1.54, 1.807) is 19.9 Å². The molecule has 1 aromatic heterocycles. The van der Waals surface area contributed by atoms with Crippen LogP contribution in [0.4, 0.5) is 0 Å². The summed E-state index contributed by atoms with van der Waals surface area (Å²) in [6, 6.07) is 3.11. The highest BCUT2D eigenvalue weighted by molar-refractivity contribution is 6.30. The fourth-order valence-corrected chi connectivity index (χ4v) is 1.54. The lowest BCUT2D eigenvalue weighted by atomic mass is 10.1. The third-order valence-electron chi connectivity index (χ3n) is 2.53. The molecule has 0 aliphatic rings. The molecule has 0 saturated carbocycles. The standard InChI is InChI=1S/C12H15ClN2O3/c1-3-15(7-8(2)12(17)18)11(16)10-5-4-9(13)6-14-10/h4-6,8H,3,7H2,1-2H3,(H,17,18). The average molecular weight is 271 g/mol. The molecule has 1 amide bonds. The number of carbonyl (C=O) groups is 2. The number of hydrogen-bond acceptors (Lipinski definition) is 3. The second-order valence-corrected chi connectivity index (χ2v) is 4.38. The predicted molar refractivity (Wildman–Crippen MR) is 67.6 cm³/mol. The molecule has 0 fully saturated rings. The van der Waals surface area contributed by atoms with Gasteiger partial charge in [0.1, 0.15) is 5.69 Å². The number of halogens is 1. The van der Waals surface area contributed by atoms with Crippen LogP contribution in [0, 0.1) is 5.92 Å². The molecule has 6 heteroatoms. The first-order valence-electron chi connectivity index (χ1n) is 5.59. The van der Waals surface area contributed by atoms with Crippen LogP contribution in [0.25, 0.3) is 0 Å². The van der Waals surface area contributed by atoms with Gasteiger partial charge in [-0.2, -0.15) is 0 Å². The van der Waals surface area contributed by atoms with Gasteiger partial charge >= 0.3 is 5.97 Å². The summed E-state index contributed by atoms with van der Waals surface area (Å²) >= 11 is 5.69. The van der Waals surface area contributed by atoms with Gasteiger partial charge in [0.25, 0.3) is 5.91 Å². The van der Waals surface area contributed by atoms with Gasteiger partial charge in [-0.25, -0.2) is 4.98 Å². The van der Waals surface area contributed by atoms with E-state index in [4.69, 9.17) is 16.7 Å². The first-order valence-corrected chi connectivity index (χ1v) is 5.97. The number of carboxylic acids is 1. The van der Waals surface area contributed by atoms with E-state index in [1.165, 1.54) is 17.2 Å². The second-order valence-electron chi connectivity index (χ2n) is 3.94. The Morgan fingerprint density at radius 3 is 2.61 bits per heavy atom. The van der Waals surface area contributed by atoms with Crippen molar-refractivity contribution in [3.63, 3.8) is 0 Å². The molecule has 1 heterocycles. The van der Waals surface area contributed by atoms with Crippen LogP contribution in [-0.2, 0) is 4.79 Å². The topological polar surface area (TPSA) is 70.5 Å². The van der Waals surface area contributed by atoms with Gasteiger partial charge in [-0.1, -0.05) is 18.5 Å². The Morgan fingerprint density at radius 2 is 2.17 bits per heavy atom. The molecule has 0 aromatic carbocycles. The quantitative estimate of drug-likeness (QED) is 0.887. The molecule has 5 nitrogen and oxygen atoms in total. The number of nitrogens with zero attached hydrogens (tertiary/aromatic N) is 2. The minimum Gasteiger partial charge on any atom is -0.481 e. The molecule has 0 spiro atoms. The van der Waals surface area contributed by atoms with Crippen molar-refractivity contribution in [1.82, 2.24) is 9.88 Å². The van der Waals surface area contributed by atoms with E-state index >= 15 is 0 Å².